The van der Waals surface area contributed by atoms with Gasteiger partial charge in [-0.3, -0.25) is 9.59 Å². The number of nitrogens with one attached hydrogen (secondary N) is 1. The van der Waals surface area contributed by atoms with Gasteiger partial charge < -0.3 is 10.2 Å². The highest BCUT2D eigenvalue weighted by Gasteiger charge is 2.24. The molecule has 20 heavy (non-hydrogen) atoms. The Bertz CT molecular complexity index is 481. The number of hydrogen-bond donors (Lipinski definition) is 1. The van der Waals surface area contributed by atoms with Crippen molar-refractivity contribution in [3.63, 3.8) is 0 Å². The van der Waals surface area contributed by atoms with Crippen molar-refractivity contribution in [3.05, 3.63) is 35.6 Å². The number of hydrogen-bond acceptors (Lipinski definition) is 2. The Morgan fingerprint density at radius 1 is 1.25 bits per heavy atom. The van der Waals surface area contributed by atoms with Crippen LogP contribution in [-0.4, -0.2) is 35.8 Å². The van der Waals surface area contributed by atoms with Crippen LogP contribution in [0.25, 0.3) is 0 Å². The number of rotatable bonds is 4. The normalized spacial score (nSPS) is 16.0. The fourth-order valence-corrected chi connectivity index (χ4v) is 2.35. The maximum atomic E-state index is 12.8. The van der Waals surface area contributed by atoms with Gasteiger partial charge in [-0.15, -0.1) is 0 Å². The summed E-state index contributed by atoms with van der Waals surface area (Å²) < 4.78 is 12.8. The zero-order chi connectivity index (χ0) is 14.5. The van der Waals surface area contributed by atoms with Gasteiger partial charge in [0.2, 0.25) is 11.8 Å². The standard InChI is InChI=1S/C15H19FN2O2/c1-11(15(20)18-8-2-3-9-18)17-14(19)10-12-4-6-13(16)7-5-12/h4-7,11H,2-3,8-10H2,1H3,(H,17,19)/t11-/m1/s1. The smallest absolute Gasteiger partial charge is 0.244 e. The van der Waals surface area contributed by atoms with Gasteiger partial charge in [-0.05, 0) is 37.5 Å². The zero-order valence-corrected chi connectivity index (χ0v) is 11.6. The van der Waals surface area contributed by atoms with E-state index >= 15 is 0 Å². The molecule has 4 nitrogen and oxygen atoms in total. The topological polar surface area (TPSA) is 49.4 Å². The zero-order valence-electron chi connectivity index (χ0n) is 11.6. The van der Waals surface area contributed by atoms with Crippen LogP contribution in [0.15, 0.2) is 24.3 Å². The molecule has 2 amide bonds. The lowest BCUT2D eigenvalue weighted by molar-refractivity contribution is -0.134. The highest BCUT2D eigenvalue weighted by atomic mass is 19.1. The molecule has 108 valence electrons. The summed E-state index contributed by atoms with van der Waals surface area (Å²) in [5, 5.41) is 2.70. The predicted octanol–water partition coefficient (Wildman–Crippen LogP) is 1.50. The van der Waals surface area contributed by atoms with E-state index in [-0.39, 0.29) is 24.1 Å². The molecule has 0 aromatic heterocycles. The van der Waals surface area contributed by atoms with Gasteiger partial charge in [0, 0.05) is 13.1 Å². The van der Waals surface area contributed by atoms with Crippen LogP contribution in [0.4, 0.5) is 4.39 Å². The molecule has 5 heteroatoms. The van der Waals surface area contributed by atoms with Crippen molar-refractivity contribution >= 4 is 11.8 Å². The predicted molar refractivity (Wildman–Crippen MR) is 73.5 cm³/mol. The summed E-state index contributed by atoms with van der Waals surface area (Å²) in [5.74, 6) is -0.585. The van der Waals surface area contributed by atoms with E-state index < -0.39 is 6.04 Å². The number of carbonyl (C=O) groups is 2. The first-order chi connectivity index (χ1) is 9.56. The Morgan fingerprint density at radius 3 is 2.45 bits per heavy atom. The third-order valence-electron chi connectivity index (χ3n) is 3.44. The van der Waals surface area contributed by atoms with Crippen LogP contribution in [0.3, 0.4) is 0 Å². The monoisotopic (exact) mass is 278 g/mol. The van der Waals surface area contributed by atoms with Crippen LogP contribution >= 0.6 is 0 Å². The van der Waals surface area contributed by atoms with E-state index in [4.69, 9.17) is 0 Å². The Balaban J connectivity index is 1.84. The molecule has 1 aromatic rings. The quantitative estimate of drug-likeness (QED) is 0.907. The molecule has 0 bridgehead atoms. The highest BCUT2D eigenvalue weighted by molar-refractivity contribution is 5.88. The minimum Gasteiger partial charge on any atom is -0.344 e. The summed E-state index contributed by atoms with van der Waals surface area (Å²) in [7, 11) is 0. The van der Waals surface area contributed by atoms with Crippen LogP contribution in [0.2, 0.25) is 0 Å². The van der Waals surface area contributed by atoms with Crippen molar-refractivity contribution < 1.29 is 14.0 Å². The van der Waals surface area contributed by atoms with E-state index in [0.717, 1.165) is 31.5 Å². The molecule has 2 rings (SSSR count). The molecular formula is C15H19FN2O2. The Hall–Kier alpha value is -1.91. The maximum absolute atomic E-state index is 12.8. The average molecular weight is 278 g/mol. The summed E-state index contributed by atoms with van der Waals surface area (Å²) in [6, 6.07) is 5.27. The molecule has 1 atom stereocenters. The van der Waals surface area contributed by atoms with Gasteiger partial charge >= 0.3 is 0 Å². The highest BCUT2D eigenvalue weighted by Crippen LogP contribution is 2.09. The second-order valence-electron chi connectivity index (χ2n) is 5.12. The summed E-state index contributed by atoms with van der Waals surface area (Å²) in [4.78, 5) is 25.7. The summed E-state index contributed by atoms with van der Waals surface area (Å²) >= 11 is 0. The molecule has 0 saturated carbocycles. The number of halogens is 1. The lowest BCUT2D eigenvalue weighted by Gasteiger charge is -2.21. The lowest BCUT2D eigenvalue weighted by Crippen LogP contribution is -2.46. The van der Waals surface area contributed by atoms with Crippen molar-refractivity contribution in [3.8, 4) is 0 Å². The van der Waals surface area contributed by atoms with Crippen LogP contribution in [0, 0.1) is 5.82 Å². The van der Waals surface area contributed by atoms with Crippen LogP contribution < -0.4 is 5.32 Å². The number of amides is 2. The number of likely N-dealkylation sites (tertiary alicyclic amines) is 1. The largest absolute Gasteiger partial charge is 0.344 e. The molecule has 0 aliphatic carbocycles. The molecule has 1 aliphatic heterocycles. The van der Waals surface area contributed by atoms with E-state index in [0.29, 0.717) is 0 Å². The summed E-state index contributed by atoms with van der Waals surface area (Å²) in [5.41, 5.74) is 0.727. The van der Waals surface area contributed by atoms with Crippen molar-refractivity contribution in [1.82, 2.24) is 10.2 Å². The second-order valence-corrected chi connectivity index (χ2v) is 5.12. The molecule has 0 unspecified atom stereocenters. The molecule has 0 radical (unpaired) electrons. The van der Waals surface area contributed by atoms with Gasteiger partial charge in [-0.1, -0.05) is 12.1 Å². The van der Waals surface area contributed by atoms with Crippen LogP contribution in [-0.2, 0) is 16.0 Å². The number of benzene rings is 1. The lowest BCUT2D eigenvalue weighted by atomic mass is 10.1. The van der Waals surface area contributed by atoms with Crippen LogP contribution in [0.5, 0.6) is 0 Å². The van der Waals surface area contributed by atoms with Gasteiger partial charge in [-0.2, -0.15) is 0 Å². The third kappa shape index (κ3) is 3.79. The van der Waals surface area contributed by atoms with Crippen molar-refractivity contribution in [2.45, 2.75) is 32.2 Å². The van der Waals surface area contributed by atoms with Gasteiger partial charge in [0.05, 0.1) is 6.42 Å². The Kier molecular flexibility index (Phi) is 4.71. The van der Waals surface area contributed by atoms with E-state index in [1.807, 2.05) is 0 Å². The third-order valence-corrected chi connectivity index (χ3v) is 3.44. The Labute approximate surface area is 118 Å². The minimum absolute atomic E-state index is 0.0324. The average Bonchev–Trinajstić information content (AvgIpc) is 2.94. The second kappa shape index (κ2) is 6.50. The van der Waals surface area contributed by atoms with Crippen molar-refractivity contribution in [1.29, 1.82) is 0 Å². The van der Waals surface area contributed by atoms with E-state index in [9.17, 15) is 14.0 Å². The SMILES string of the molecule is C[C@@H](NC(=O)Cc1ccc(F)cc1)C(=O)N1CCCC1. The van der Waals surface area contributed by atoms with Gasteiger partial charge in [0.25, 0.3) is 0 Å². The molecule has 1 N–H and O–H groups in total. The number of nitrogens with zero attached hydrogens (tertiary/aromatic N) is 1. The first-order valence-electron chi connectivity index (χ1n) is 6.89. The molecule has 1 aromatic carbocycles. The molecular weight excluding hydrogens is 259 g/mol. The fraction of sp³-hybridized carbons (Fsp3) is 0.467. The van der Waals surface area contributed by atoms with Gasteiger partial charge in [0.15, 0.2) is 0 Å². The van der Waals surface area contributed by atoms with Gasteiger partial charge in [-0.25, -0.2) is 4.39 Å². The van der Waals surface area contributed by atoms with Crippen molar-refractivity contribution in [2.75, 3.05) is 13.1 Å². The maximum Gasteiger partial charge on any atom is 0.244 e. The molecule has 1 fully saturated rings. The van der Waals surface area contributed by atoms with Crippen LogP contribution in [0.1, 0.15) is 25.3 Å². The molecule has 0 spiro atoms. The Morgan fingerprint density at radius 2 is 1.85 bits per heavy atom. The summed E-state index contributed by atoms with van der Waals surface area (Å²) in [6.07, 6.45) is 2.21. The van der Waals surface area contributed by atoms with Gasteiger partial charge in [0.1, 0.15) is 11.9 Å². The van der Waals surface area contributed by atoms with Crippen molar-refractivity contribution in [2.24, 2.45) is 0 Å². The molecule has 1 heterocycles. The molecule has 1 saturated heterocycles. The minimum atomic E-state index is -0.513. The van der Waals surface area contributed by atoms with E-state index in [1.54, 1.807) is 24.0 Å². The summed E-state index contributed by atoms with van der Waals surface area (Å²) in [6.45, 7) is 3.25. The fourth-order valence-electron chi connectivity index (χ4n) is 2.35. The number of carbonyl (C=O) groups excluding carboxylic acids is 2. The van der Waals surface area contributed by atoms with E-state index in [1.165, 1.54) is 12.1 Å². The first-order valence-corrected chi connectivity index (χ1v) is 6.89. The van der Waals surface area contributed by atoms with E-state index in [2.05, 4.69) is 5.32 Å². The first kappa shape index (κ1) is 14.5. The molecule has 1 aliphatic rings.